The van der Waals surface area contributed by atoms with Crippen LogP contribution in [0.5, 0.6) is 17.2 Å². The van der Waals surface area contributed by atoms with Crippen LogP contribution in [0, 0.1) is 0 Å². The fourth-order valence-corrected chi connectivity index (χ4v) is 2.15. The van der Waals surface area contributed by atoms with E-state index < -0.39 is 12.5 Å². The molecule has 1 aliphatic rings. The van der Waals surface area contributed by atoms with Gasteiger partial charge < -0.3 is 19.5 Å². The van der Waals surface area contributed by atoms with Gasteiger partial charge in [0.1, 0.15) is 5.75 Å². The maximum Gasteiger partial charge on any atom is 0.387 e. The van der Waals surface area contributed by atoms with E-state index in [0.717, 1.165) is 0 Å². The van der Waals surface area contributed by atoms with Gasteiger partial charge in [-0.05, 0) is 24.3 Å². The number of carbonyl (C=O) groups excluding carboxylic acids is 1. The lowest BCUT2D eigenvalue weighted by Crippen LogP contribution is -2.07. The number of fused-ring (bicyclic) bond motifs is 1. The summed E-state index contributed by atoms with van der Waals surface area (Å²) >= 11 is 0. The highest BCUT2D eigenvalue weighted by Gasteiger charge is 2.13. The largest absolute Gasteiger partial charge is 0.454 e. The van der Waals surface area contributed by atoms with Crippen LogP contribution in [0.15, 0.2) is 48.5 Å². The van der Waals surface area contributed by atoms with E-state index in [0.29, 0.717) is 22.7 Å². The van der Waals surface area contributed by atoms with E-state index in [1.807, 2.05) is 0 Å². The first kappa shape index (κ1) is 15.8. The Balaban J connectivity index is 1.68. The van der Waals surface area contributed by atoms with Gasteiger partial charge >= 0.3 is 6.61 Å². The number of nitrogens with one attached hydrogen (secondary N) is 1. The smallest absolute Gasteiger partial charge is 0.387 e. The first-order chi connectivity index (χ1) is 11.6. The zero-order chi connectivity index (χ0) is 16.9. The quantitative estimate of drug-likeness (QED) is 0.848. The van der Waals surface area contributed by atoms with Crippen LogP contribution < -0.4 is 19.5 Å². The van der Waals surface area contributed by atoms with Gasteiger partial charge in [-0.2, -0.15) is 8.78 Å². The monoisotopic (exact) mass is 333 g/mol. The Labute approximate surface area is 136 Å². The molecule has 7 heteroatoms. The molecule has 0 radical (unpaired) electrons. The summed E-state index contributed by atoms with van der Waals surface area (Å²) in [6.45, 7) is -2.78. The third-order valence-corrected chi connectivity index (χ3v) is 3.19. The normalized spacial score (nSPS) is 12.6. The van der Waals surface area contributed by atoms with Gasteiger partial charge in [-0.3, -0.25) is 4.79 Å². The van der Waals surface area contributed by atoms with Crippen LogP contribution in [0.1, 0.15) is 5.56 Å². The van der Waals surface area contributed by atoms with E-state index in [-0.39, 0.29) is 12.5 Å². The van der Waals surface area contributed by atoms with E-state index in [1.54, 1.807) is 36.4 Å². The first-order valence-corrected chi connectivity index (χ1v) is 7.04. The van der Waals surface area contributed by atoms with E-state index >= 15 is 0 Å². The second-order valence-electron chi connectivity index (χ2n) is 4.81. The molecular formula is C17H13F2NO4. The summed E-state index contributed by atoms with van der Waals surface area (Å²) in [5.74, 6) is 0.745. The number of amides is 1. The van der Waals surface area contributed by atoms with Gasteiger partial charge in [-0.15, -0.1) is 0 Å². The molecule has 124 valence electrons. The number of halogens is 2. The third kappa shape index (κ3) is 3.81. The van der Waals surface area contributed by atoms with Crippen molar-refractivity contribution in [1.29, 1.82) is 0 Å². The minimum Gasteiger partial charge on any atom is -0.454 e. The highest BCUT2D eigenvalue weighted by molar-refractivity contribution is 6.02. The molecule has 0 saturated heterocycles. The molecule has 1 aliphatic heterocycles. The Bertz CT molecular complexity index is 777. The molecule has 1 heterocycles. The van der Waals surface area contributed by atoms with Crippen LogP contribution in [0.4, 0.5) is 14.5 Å². The summed E-state index contributed by atoms with van der Waals surface area (Å²) in [5, 5.41) is 2.65. The average Bonchev–Trinajstić information content (AvgIpc) is 3.01. The molecule has 0 fully saturated rings. The number of para-hydroxylation sites is 1. The molecule has 1 N–H and O–H groups in total. The van der Waals surface area contributed by atoms with E-state index in [2.05, 4.69) is 10.1 Å². The Morgan fingerprint density at radius 2 is 1.96 bits per heavy atom. The van der Waals surface area contributed by atoms with Crippen LogP contribution in [0.25, 0.3) is 6.08 Å². The summed E-state index contributed by atoms with van der Waals surface area (Å²) in [7, 11) is 0. The molecule has 0 aliphatic carbocycles. The topological polar surface area (TPSA) is 56.8 Å². The number of hydrogen-bond acceptors (Lipinski definition) is 4. The van der Waals surface area contributed by atoms with Crippen molar-refractivity contribution in [3.05, 3.63) is 54.1 Å². The molecule has 0 aromatic heterocycles. The zero-order valence-electron chi connectivity index (χ0n) is 12.4. The van der Waals surface area contributed by atoms with Crippen LogP contribution in [-0.4, -0.2) is 19.3 Å². The molecule has 5 nitrogen and oxygen atoms in total. The van der Waals surface area contributed by atoms with E-state index in [4.69, 9.17) is 9.47 Å². The average molecular weight is 333 g/mol. The van der Waals surface area contributed by atoms with Crippen LogP contribution >= 0.6 is 0 Å². The molecule has 0 bridgehead atoms. The van der Waals surface area contributed by atoms with Crippen molar-refractivity contribution in [3.8, 4) is 17.2 Å². The van der Waals surface area contributed by atoms with Crippen LogP contribution in [0.2, 0.25) is 0 Å². The highest BCUT2D eigenvalue weighted by atomic mass is 19.3. The second kappa shape index (κ2) is 6.99. The zero-order valence-corrected chi connectivity index (χ0v) is 12.4. The van der Waals surface area contributed by atoms with Crippen molar-refractivity contribution in [3.63, 3.8) is 0 Å². The van der Waals surface area contributed by atoms with Gasteiger partial charge in [-0.1, -0.05) is 18.2 Å². The predicted octanol–water partition coefficient (Wildman–Crippen LogP) is 3.67. The summed E-state index contributed by atoms with van der Waals surface area (Å²) in [6, 6.07) is 11.2. The Morgan fingerprint density at radius 3 is 2.79 bits per heavy atom. The van der Waals surface area contributed by atoms with Gasteiger partial charge in [0.05, 0.1) is 0 Å². The molecule has 1 amide bonds. The molecule has 2 aromatic rings. The van der Waals surface area contributed by atoms with Crippen molar-refractivity contribution >= 4 is 17.7 Å². The van der Waals surface area contributed by atoms with E-state index in [1.165, 1.54) is 18.2 Å². The molecular weight excluding hydrogens is 320 g/mol. The first-order valence-electron chi connectivity index (χ1n) is 7.04. The number of hydrogen-bond donors (Lipinski definition) is 1. The molecule has 0 saturated carbocycles. The van der Waals surface area contributed by atoms with Crippen LogP contribution in [0.3, 0.4) is 0 Å². The second-order valence-corrected chi connectivity index (χ2v) is 4.81. The van der Waals surface area contributed by atoms with Crippen molar-refractivity contribution in [2.75, 3.05) is 12.1 Å². The molecule has 0 unspecified atom stereocenters. The van der Waals surface area contributed by atoms with Crippen molar-refractivity contribution in [1.82, 2.24) is 0 Å². The number of benzene rings is 2. The molecule has 24 heavy (non-hydrogen) atoms. The Kier molecular flexibility index (Phi) is 4.60. The van der Waals surface area contributed by atoms with Crippen molar-refractivity contribution in [2.45, 2.75) is 6.61 Å². The fourth-order valence-electron chi connectivity index (χ4n) is 2.15. The maximum absolute atomic E-state index is 12.3. The van der Waals surface area contributed by atoms with E-state index in [9.17, 15) is 13.6 Å². The lowest BCUT2D eigenvalue weighted by Gasteiger charge is -2.07. The number of ether oxygens (including phenoxy) is 3. The predicted molar refractivity (Wildman–Crippen MR) is 83.3 cm³/mol. The number of rotatable bonds is 5. The number of anilines is 1. The summed E-state index contributed by atoms with van der Waals surface area (Å²) in [4.78, 5) is 12.0. The fraction of sp³-hybridized carbons (Fsp3) is 0.118. The van der Waals surface area contributed by atoms with Gasteiger partial charge in [0.25, 0.3) is 0 Å². The minimum absolute atomic E-state index is 0.000343. The number of carbonyl (C=O) groups is 1. The Hall–Kier alpha value is -3.09. The third-order valence-electron chi connectivity index (χ3n) is 3.19. The molecule has 3 rings (SSSR count). The number of alkyl halides is 2. The summed E-state index contributed by atoms with van der Waals surface area (Å²) in [6.07, 6.45) is 2.64. The van der Waals surface area contributed by atoms with Crippen LogP contribution in [-0.2, 0) is 4.79 Å². The van der Waals surface area contributed by atoms with Gasteiger partial charge in [0.15, 0.2) is 11.5 Å². The highest BCUT2D eigenvalue weighted by Crippen LogP contribution is 2.34. The maximum atomic E-state index is 12.3. The lowest BCUT2D eigenvalue weighted by molar-refractivity contribution is -0.111. The van der Waals surface area contributed by atoms with Gasteiger partial charge in [0.2, 0.25) is 12.7 Å². The Morgan fingerprint density at radius 1 is 1.17 bits per heavy atom. The van der Waals surface area contributed by atoms with Gasteiger partial charge in [-0.25, -0.2) is 0 Å². The molecule has 2 aromatic carbocycles. The SMILES string of the molecule is O=C(/C=C/c1ccccc1OC(F)F)Nc1ccc2c(c1)OCO2. The minimum atomic E-state index is -2.93. The van der Waals surface area contributed by atoms with Crippen molar-refractivity contribution < 1.29 is 27.8 Å². The molecule has 0 spiro atoms. The molecule has 0 atom stereocenters. The van der Waals surface area contributed by atoms with Crippen molar-refractivity contribution in [2.24, 2.45) is 0 Å². The standard InChI is InChI=1S/C17H13F2NO4/c18-17(19)24-13-4-2-1-3-11(13)5-8-16(21)20-12-6-7-14-15(9-12)23-10-22-14/h1-9,17H,10H2,(H,20,21)/b8-5+. The summed E-state index contributed by atoms with van der Waals surface area (Å²) < 4.78 is 39.5. The van der Waals surface area contributed by atoms with Gasteiger partial charge in [0, 0.05) is 23.4 Å². The lowest BCUT2D eigenvalue weighted by atomic mass is 10.2. The summed E-state index contributed by atoms with van der Waals surface area (Å²) in [5.41, 5.74) is 0.907.